The van der Waals surface area contributed by atoms with Crippen molar-refractivity contribution in [3.05, 3.63) is 50.7 Å². The third-order valence-corrected chi connectivity index (χ3v) is 7.69. The number of piperidine rings is 1. The Balaban J connectivity index is 1.56. The summed E-state index contributed by atoms with van der Waals surface area (Å²) >= 11 is 7.45. The molecule has 3 aromatic rings. The molecule has 4 rings (SSSR count). The molecular formula is C24H29ClN4O3S. The molecule has 0 spiro atoms. The van der Waals surface area contributed by atoms with E-state index in [0.29, 0.717) is 45.2 Å². The molecule has 176 valence electrons. The molecule has 1 amide bonds. The van der Waals surface area contributed by atoms with Crippen LogP contribution in [0.1, 0.15) is 64.5 Å². The van der Waals surface area contributed by atoms with Crippen LogP contribution < -0.4 is 5.32 Å². The van der Waals surface area contributed by atoms with Gasteiger partial charge in [0.2, 0.25) is 0 Å². The van der Waals surface area contributed by atoms with Crippen LogP contribution in [0.15, 0.2) is 22.7 Å². The number of hydrogen-bond donors (Lipinski definition) is 1. The van der Waals surface area contributed by atoms with Crippen molar-refractivity contribution >= 4 is 35.1 Å². The molecule has 33 heavy (non-hydrogen) atoms. The van der Waals surface area contributed by atoms with Crippen molar-refractivity contribution in [1.82, 2.24) is 19.9 Å². The lowest BCUT2D eigenvalue weighted by molar-refractivity contribution is 0.0890. The molecule has 1 N–H and O–H groups in total. The number of nitrogens with one attached hydrogen (secondary N) is 1. The predicted octanol–water partition coefficient (Wildman–Crippen LogP) is 4.94. The first-order valence-corrected chi connectivity index (χ1v) is 12.4. The van der Waals surface area contributed by atoms with Gasteiger partial charge in [-0.3, -0.25) is 9.59 Å². The van der Waals surface area contributed by atoms with Crippen LogP contribution in [0.25, 0.3) is 10.6 Å². The van der Waals surface area contributed by atoms with Gasteiger partial charge in [-0.1, -0.05) is 16.8 Å². The number of carbonyl (C=O) groups excluding carboxylic acids is 2. The highest BCUT2D eigenvalue weighted by Crippen LogP contribution is 2.32. The van der Waals surface area contributed by atoms with Gasteiger partial charge in [-0.2, -0.15) is 0 Å². The lowest BCUT2D eigenvalue weighted by Gasteiger charge is -2.34. The molecule has 0 atom stereocenters. The van der Waals surface area contributed by atoms with Crippen LogP contribution in [-0.2, 0) is 6.54 Å². The Kier molecular flexibility index (Phi) is 7.07. The summed E-state index contributed by atoms with van der Waals surface area (Å²) in [6, 6.07) is 6.18. The minimum Gasteiger partial charge on any atom is -0.355 e. The van der Waals surface area contributed by atoms with Crippen molar-refractivity contribution in [2.75, 3.05) is 13.1 Å². The lowest BCUT2D eigenvalue weighted by Crippen LogP contribution is -2.47. The highest BCUT2D eigenvalue weighted by atomic mass is 35.5. The maximum Gasteiger partial charge on any atom is 0.268 e. The van der Waals surface area contributed by atoms with Crippen LogP contribution in [0.5, 0.6) is 0 Å². The number of hydrogen-bond acceptors (Lipinski definition) is 6. The fourth-order valence-electron chi connectivity index (χ4n) is 4.50. The van der Waals surface area contributed by atoms with Gasteiger partial charge in [0.15, 0.2) is 12.0 Å². The summed E-state index contributed by atoms with van der Waals surface area (Å²) in [5.74, 6) is 0.474. The molecule has 0 bridgehead atoms. The molecule has 0 unspecified atom stereocenters. The van der Waals surface area contributed by atoms with Crippen LogP contribution in [0, 0.1) is 13.8 Å². The fourth-order valence-corrected chi connectivity index (χ4v) is 5.50. The summed E-state index contributed by atoms with van der Waals surface area (Å²) in [7, 11) is 0. The molecule has 0 radical (unpaired) electrons. The lowest BCUT2D eigenvalue weighted by atomic mass is 10.0. The summed E-state index contributed by atoms with van der Waals surface area (Å²) in [6.45, 7) is 10.3. The zero-order valence-electron chi connectivity index (χ0n) is 19.4. The minimum atomic E-state index is -0.152. The summed E-state index contributed by atoms with van der Waals surface area (Å²) in [6.07, 6.45) is 2.65. The van der Waals surface area contributed by atoms with Crippen molar-refractivity contribution in [3.63, 3.8) is 0 Å². The number of thiophene rings is 1. The van der Waals surface area contributed by atoms with Crippen LogP contribution in [0.2, 0.25) is 4.34 Å². The third-order valence-electron chi connectivity index (χ3n) is 6.45. The molecule has 7 nitrogen and oxygen atoms in total. The van der Waals surface area contributed by atoms with Crippen LogP contribution >= 0.6 is 22.9 Å². The largest absolute Gasteiger partial charge is 0.355 e. The number of nitrogens with zero attached hydrogens (tertiary/aromatic N) is 3. The van der Waals surface area contributed by atoms with Gasteiger partial charge in [0.1, 0.15) is 11.4 Å². The molecule has 1 fully saturated rings. The smallest absolute Gasteiger partial charge is 0.268 e. The van der Waals surface area contributed by atoms with Gasteiger partial charge in [0.05, 0.1) is 15.8 Å². The van der Waals surface area contributed by atoms with Gasteiger partial charge in [-0.25, -0.2) is 0 Å². The van der Waals surface area contributed by atoms with E-state index in [0.717, 1.165) is 42.8 Å². The average Bonchev–Trinajstić information content (AvgIpc) is 3.47. The monoisotopic (exact) mass is 488 g/mol. The first-order chi connectivity index (χ1) is 15.8. The van der Waals surface area contributed by atoms with Gasteiger partial charge >= 0.3 is 0 Å². The van der Waals surface area contributed by atoms with Crippen LogP contribution in [0.3, 0.4) is 0 Å². The Morgan fingerprint density at radius 1 is 1.33 bits per heavy atom. The number of carbonyl (C=O) groups is 2. The van der Waals surface area contributed by atoms with E-state index >= 15 is 0 Å². The second-order valence-electron chi connectivity index (χ2n) is 8.84. The van der Waals surface area contributed by atoms with E-state index in [4.69, 9.17) is 16.1 Å². The molecule has 0 aliphatic carbocycles. The molecule has 1 aliphatic heterocycles. The second kappa shape index (κ2) is 9.83. The molecular weight excluding hydrogens is 460 g/mol. The molecule has 9 heteroatoms. The van der Waals surface area contributed by atoms with Crippen molar-refractivity contribution in [2.24, 2.45) is 0 Å². The Hall–Kier alpha value is -2.42. The van der Waals surface area contributed by atoms with E-state index in [-0.39, 0.29) is 11.9 Å². The number of likely N-dealkylation sites (tertiary alicyclic amines) is 1. The first-order valence-electron chi connectivity index (χ1n) is 11.2. The van der Waals surface area contributed by atoms with Crippen molar-refractivity contribution < 1.29 is 14.1 Å². The normalized spacial score (nSPS) is 15.3. The highest BCUT2D eigenvalue weighted by Gasteiger charge is 2.27. The third kappa shape index (κ3) is 4.93. The van der Waals surface area contributed by atoms with Gasteiger partial charge < -0.3 is 19.3 Å². The molecule has 0 aromatic carbocycles. The Bertz CT molecular complexity index is 1150. The number of halogens is 1. The number of aldehydes is 1. The van der Waals surface area contributed by atoms with Crippen molar-refractivity contribution in [1.29, 1.82) is 0 Å². The van der Waals surface area contributed by atoms with Gasteiger partial charge in [0.25, 0.3) is 5.91 Å². The molecule has 1 aliphatic rings. The van der Waals surface area contributed by atoms with E-state index in [1.165, 1.54) is 11.3 Å². The summed E-state index contributed by atoms with van der Waals surface area (Å²) in [5.41, 5.74) is 3.15. The molecule has 0 saturated carbocycles. The van der Waals surface area contributed by atoms with Gasteiger partial charge in [-0.05, 0) is 58.2 Å². The standard InChI is InChI=1S/C24H29ClN4O3S/c1-14(2)28-9-7-17(8-10-28)26-24(31)23-15(3)19(13-30)16(4)29(23)12-18-11-20(32-27-18)21-5-6-22(25)33-21/h5-6,11,13-14,17H,7-10,12H2,1-4H3,(H,26,31). The van der Waals surface area contributed by atoms with Crippen molar-refractivity contribution in [2.45, 2.75) is 59.2 Å². The molecule has 3 aromatic heterocycles. The SMILES string of the molecule is Cc1c(C=O)c(C)n(Cc2cc(-c3ccc(Cl)s3)on2)c1C(=O)NC1CCN(C(C)C)CC1. The Labute approximate surface area is 202 Å². The average molecular weight is 489 g/mol. The van der Waals surface area contributed by atoms with Crippen LogP contribution in [-0.4, -0.2) is 52.0 Å². The van der Waals surface area contributed by atoms with E-state index in [9.17, 15) is 9.59 Å². The number of rotatable bonds is 7. The fraction of sp³-hybridized carbons (Fsp3) is 0.458. The number of amides is 1. The maximum absolute atomic E-state index is 13.4. The van der Waals surface area contributed by atoms with E-state index < -0.39 is 0 Å². The van der Waals surface area contributed by atoms with Crippen molar-refractivity contribution in [3.8, 4) is 10.6 Å². The van der Waals surface area contributed by atoms with E-state index in [2.05, 4.69) is 29.2 Å². The van der Waals surface area contributed by atoms with Gasteiger partial charge in [-0.15, -0.1) is 11.3 Å². The molecule has 4 heterocycles. The number of aromatic nitrogens is 2. The first kappa shape index (κ1) is 23.7. The highest BCUT2D eigenvalue weighted by molar-refractivity contribution is 7.19. The zero-order chi connectivity index (χ0) is 23.7. The predicted molar refractivity (Wildman–Crippen MR) is 130 cm³/mol. The molecule has 1 saturated heterocycles. The Morgan fingerprint density at radius 3 is 2.67 bits per heavy atom. The topological polar surface area (TPSA) is 80.4 Å². The Morgan fingerprint density at radius 2 is 2.06 bits per heavy atom. The maximum atomic E-state index is 13.4. The summed E-state index contributed by atoms with van der Waals surface area (Å²) in [5, 5.41) is 7.39. The van der Waals surface area contributed by atoms with E-state index in [1.54, 1.807) is 0 Å². The summed E-state index contributed by atoms with van der Waals surface area (Å²) < 4.78 is 8.04. The minimum absolute atomic E-state index is 0.123. The van der Waals surface area contributed by atoms with Gasteiger partial charge in [0, 0.05) is 42.5 Å². The van der Waals surface area contributed by atoms with E-state index in [1.807, 2.05) is 36.6 Å². The summed E-state index contributed by atoms with van der Waals surface area (Å²) in [4.78, 5) is 28.4. The zero-order valence-corrected chi connectivity index (χ0v) is 20.9. The van der Waals surface area contributed by atoms with Crippen LogP contribution in [0.4, 0.5) is 0 Å². The quantitative estimate of drug-likeness (QED) is 0.476. The second-order valence-corrected chi connectivity index (χ2v) is 10.6.